The SMILES string of the molecule is Cc1c(F)cc(C(=O)NC(C)c2ccccc2)cc1F. The number of carbonyl (C=O) groups excluding carboxylic acids is 1. The summed E-state index contributed by atoms with van der Waals surface area (Å²) >= 11 is 0. The molecule has 0 aliphatic carbocycles. The van der Waals surface area contributed by atoms with E-state index in [4.69, 9.17) is 0 Å². The van der Waals surface area contributed by atoms with Crippen molar-refractivity contribution >= 4 is 5.91 Å². The number of benzene rings is 2. The summed E-state index contributed by atoms with van der Waals surface area (Å²) in [6.07, 6.45) is 0. The molecule has 0 radical (unpaired) electrons. The van der Waals surface area contributed by atoms with Crippen molar-refractivity contribution in [3.05, 3.63) is 70.8 Å². The molecule has 1 amide bonds. The van der Waals surface area contributed by atoms with Crippen LogP contribution in [-0.2, 0) is 0 Å². The summed E-state index contributed by atoms with van der Waals surface area (Å²) in [7, 11) is 0. The molecule has 1 atom stereocenters. The molecule has 0 saturated carbocycles. The second-order valence-corrected chi connectivity index (χ2v) is 4.67. The van der Waals surface area contributed by atoms with Gasteiger partial charge in [-0.3, -0.25) is 4.79 Å². The Hall–Kier alpha value is -2.23. The highest BCUT2D eigenvalue weighted by molar-refractivity contribution is 5.94. The number of carbonyl (C=O) groups is 1. The summed E-state index contributed by atoms with van der Waals surface area (Å²) in [6, 6.07) is 11.2. The van der Waals surface area contributed by atoms with Crippen molar-refractivity contribution in [2.45, 2.75) is 19.9 Å². The molecule has 0 fully saturated rings. The molecule has 0 aromatic heterocycles. The molecule has 0 heterocycles. The normalized spacial score (nSPS) is 12.0. The molecule has 1 unspecified atom stereocenters. The predicted octanol–water partition coefficient (Wildman–Crippen LogP) is 3.76. The van der Waals surface area contributed by atoms with Gasteiger partial charge in [0.05, 0.1) is 6.04 Å². The van der Waals surface area contributed by atoms with Crippen LogP contribution in [0.3, 0.4) is 0 Å². The van der Waals surface area contributed by atoms with Crippen LogP contribution < -0.4 is 5.32 Å². The topological polar surface area (TPSA) is 29.1 Å². The van der Waals surface area contributed by atoms with E-state index in [1.807, 2.05) is 37.3 Å². The Morgan fingerprint density at radius 2 is 1.65 bits per heavy atom. The lowest BCUT2D eigenvalue weighted by atomic mass is 10.1. The monoisotopic (exact) mass is 275 g/mol. The van der Waals surface area contributed by atoms with Crippen molar-refractivity contribution in [3.63, 3.8) is 0 Å². The van der Waals surface area contributed by atoms with E-state index in [9.17, 15) is 13.6 Å². The molecular weight excluding hydrogens is 260 g/mol. The van der Waals surface area contributed by atoms with Crippen LogP contribution in [0.2, 0.25) is 0 Å². The maximum Gasteiger partial charge on any atom is 0.251 e. The fourth-order valence-electron chi connectivity index (χ4n) is 1.88. The van der Waals surface area contributed by atoms with Gasteiger partial charge in [-0.25, -0.2) is 8.78 Å². The lowest BCUT2D eigenvalue weighted by Gasteiger charge is -2.14. The standard InChI is InChI=1S/C16H15F2NO/c1-10-14(17)8-13(9-15(10)18)16(20)19-11(2)12-6-4-3-5-7-12/h3-9,11H,1-2H3,(H,19,20). The molecule has 2 aromatic carbocycles. The predicted molar refractivity (Wildman–Crippen MR) is 73.4 cm³/mol. The molecule has 2 rings (SSSR count). The Kier molecular flexibility index (Phi) is 4.13. The van der Waals surface area contributed by atoms with Crippen molar-refractivity contribution in [2.75, 3.05) is 0 Å². The minimum absolute atomic E-state index is 0.0200. The zero-order chi connectivity index (χ0) is 14.7. The lowest BCUT2D eigenvalue weighted by molar-refractivity contribution is 0.0939. The number of hydrogen-bond donors (Lipinski definition) is 1. The smallest absolute Gasteiger partial charge is 0.251 e. The Balaban J connectivity index is 2.17. The van der Waals surface area contributed by atoms with Gasteiger partial charge in [0.25, 0.3) is 5.91 Å². The van der Waals surface area contributed by atoms with Crippen LogP contribution in [0, 0.1) is 18.6 Å². The molecule has 2 aromatic rings. The third-order valence-electron chi connectivity index (χ3n) is 3.19. The van der Waals surface area contributed by atoms with E-state index in [2.05, 4.69) is 5.32 Å². The zero-order valence-electron chi connectivity index (χ0n) is 11.3. The number of nitrogens with one attached hydrogen (secondary N) is 1. The lowest BCUT2D eigenvalue weighted by Crippen LogP contribution is -2.26. The van der Waals surface area contributed by atoms with Crippen molar-refractivity contribution in [2.24, 2.45) is 0 Å². The molecule has 0 aliphatic heterocycles. The highest BCUT2D eigenvalue weighted by Crippen LogP contribution is 2.16. The van der Waals surface area contributed by atoms with Gasteiger partial charge in [0.2, 0.25) is 0 Å². The number of rotatable bonds is 3. The van der Waals surface area contributed by atoms with E-state index in [0.717, 1.165) is 17.7 Å². The van der Waals surface area contributed by atoms with Crippen LogP contribution in [0.15, 0.2) is 42.5 Å². The zero-order valence-corrected chi connectivity index (χ0v) is 11.3. The van der Waals surface area contributed by atoms with Crippen LogP contribution >= 0.6 is 0 Å². The second kappa shape index (κ2) is 5.82. The van der Waals surface area contributed by atoms with E-state index in [1.165, 1.54) is 6.92 Å². The van der Waals surface area contributed by atoms with E-state index in [0.29, 0.717) is 0 Å². The van der Waals surface area contributed by atoms with Crippen LogP contribution in [0.4, 0.5) is 8.78 Å². The van der Waals surface area contributed by atoms with Gasteiger partial charge in [-0.1, -0.05) is 30.3 Å². The summed E-state index contributed by atoms with van der Waals surface area (Å²) < 4.78 is 26.9. The molecule has 0 saturated heterocycles. The largest absolute Gasteiger partial charge is 0.346 e. The van der Waals surface area contributed by atoms with Gasteiger partial charge in [-0.15, -0.1) is 0 Å². The van der Waals surface area contributed by atoms with Crippen molar-refractivity contribution in [3.8, 4) is 0 Å². The Bertz CT molecular complexity index is 603. The molecule has 0 bridgehead atoms. The van der Waals surface area contributed by atoms with Gasteiger partial charge in [0.15, 0.2) is 0 Å². The third kappa shape index (κ3) is 3.02. The van der Waals surface area contributed by atoms with Gasteiger partial charge < -0.3 is 5.32 Å². The summed E-state index contributed by atoms with van der Waals surface area (Å²) in [4.78, 5) is 12.0. The highest BCUT2D eigenvalue weighted by Gasteiger charge is 2.15. The van der Waals surface area contributed by atoms with Gasteiger partial charge in [-0.2, -0.15) is 0 Å². The van der Waals surface area contributed by atoms with Crippen molar-refractivity contribution < 1.29 is 13.6 Å². The Morgan fingerprint density at radius 1 is 1.10 bits per heavy atom. The third-order valence-corrected chi connectivity index (χ3v) is 3.19. The summed E-state index contributed by atoms with van der Waals surface area (Å²) in [5, 5.41) is 2.71. The molecule has 0 spiro atoms. The van der Waals surface area contributed by atoms with E-state index in [-0.39, 0.29) is 17.2 Å². The summed E-state index contributed by atoms with van der Waals surface area (Å²) in [6.45, 7) is 3.15. The molecule has 4 heteroatoms. The second-order valence-electron chi connectivity index (χ2n) is 4.67. The number of amides is 1. The fraction of sp³-hybridized carbons (Fsp3) is 0.188. The Labute approximate surface area is 116 Å². The molecule has 104 valence electrons. The number of hydrogen-bond acceptors (Lipinski definition) is 1. The fourth-order valence-corrected chi connectivity index (χ4v) is 1.88. The summed E-state index contributed by atoms with van der Waals surface area (Å²) in [5.74, 6) is -1.94. The van der Waals surface area contributed by atoms with Crippen LogP contribution in [0.1, 0.15) is 34.5 Å². The molecule has 20 heavy (non-hydrogen) atoms. The van der Waals surface area contributed by atoms with Crippen molar-refractivity contribution in [1.29, 1.82) is 0 Å². The molecule has 1 N–H and O–H groups in total. The Morgan fingerprint density at radius 3 is 2.20 bits per heavy atom. The molecular formula is C16H15F2NO. The average molecular weight is 275 g/mol. The average Bonchev–Trinajstić information content (AvgIpc) is 2.45. The van der Waals surface area contributed by atoms with Gasteiger partial charge >= 0.3 is 0 Å². The first-order valence-electron chi connectivity index (χ1n) is 6.30. The minimum atomic E-state index is -0.720. The first-order valence-corrected chi connectivity index (χ1v) is 6.30. The molecule has 2 nitrogen and oxygen atoms in total. The number of halogens is 2. The van der Waals surface area contributed by atoms with Gasteiger partial charge in [0, 0.05) is 11.1 Å². The van der Waals surface area contributed by atoms with Gasteiger partial charge in [0.1, 0.15) is 11.6 Å². The van der Waals surface area contributed by atoms with E-state index in [1.54, 1.807) is 0 Å². The summed E-state index contributed by atoms with van der Waals surface area (Å²) in [5.41, 5.74) is 0.819. The van der Waals surface area contributed by atoms with Crippen LogP contribution in [0.5, 0.6) is 0 Å². The minimum Gasteiger partial charge on any atom is -0.346 e. The highest BCUT2D eigenvalue weighted by atomic mass is 19.1. The van der Waals surface area contributed by atoms with Crippen LogP contribution in [0.25, 0.3) is 0 Å². The molecule has 0 aliphatic rings. The van der Waals surface area contributed by atoms with Crippen molar-refractivity contribution in [1.82, 2.24) is 5.32 Å². The first-order chi connectivity index (χ1) is 9.49. The first kappa shape index (κ1) is 14.2. The van der Waals surface area contributed by atoms with Gasteiger partial charge in [-0.05, 0) is 31.5 Å². The van der Waals surface area contributed by atoms with Crippen LogP contribution in [-0.4, -0.2) is 5.91 Å². The van der Waals surface area contributed by atoms with E-state index >= 15 is 0 Å². The maximum atomic E-state index is 13.4. The van der Waals surface area contributed by atoms with E-state index < -0.39 is 17.5 Å². The quantitative estimate of drug-likeness (QED) is 0.907. The maximum absolute atomic E-state index is 13.4.